The average Bonchev–Trinajstić information content (AvgIpc) is 2.55. The van der Waals surface area contributed by atoms with E-state index in [2.05, 4.69) is 40.0 Å². The van der Waals surface area contributed by atoms with Crippen molar-refractivity contribution in [1.82, 2.24) is 4.90 Å². The Balaban J connectivity index is 2.00. The molecule has 0 heterocycles. The summed E-state index contributed by atoms with van der Waals surface area (Å²) in [6.07, 6.45) is 0. The summed E-state index contributed by atoms with van der Waals surface area (Å²) >= 11 is 3.38. The SMILES string of the molecule is CCN(CC)Cc1ccc(C(=O)Nc2ccc(Br)cc2)cc1. The van der Waals surface area contributed by atoms with E-state index in [-0.39, 0.29) is 5.91 Å². The first kappa shape index (κ1) is 16.7. The van der Waals surface area contributed by atoms with Crippen molar-refractivity contribution in [3.8, 4) is 0 Å². The minimum atomic E-state index is -0.0864. The van der Waals surface area contributed by atoms with Gasteiger partial charge in [0.2, 0.25) is 0 Å². The van der Waals surface area contributed by atoms with Crippen molar-refractivity contribution in [3.05, 3.63) is 64.1 Å². The van der Waals surface area contributed by atoms with Crippen molar-refractivity contribution in [1.29, 1.82) is 0 Å². The van der Waals surface area contributed by atoms with Gasteiger partial charge in [-0.1, -0.05) is 41.9 Å². The molecule has 0 aliphatic rings. The first-order valence-electron chi connectivity index (χ1n) is 7.50. The Labute approximate surface area is 140 Å². The Bertz CT molecular complexity index is 604. The molecule has 0 fully saturated rings. The van der Waals surface area contributed by atoms with Crippen molar-refractivity contribution in [2.45, 2.75) is 20.4 Å². The lowest BCUT2D eigenvalue weighted by Gasteiger charge is -2.18. The summed E-state index contributed by atoms with van der Waals surface area (Å²) in [7, 11) is 0. The fourth-order valence-corrected chi connectivity index (χ4v) is 2.47. The molecule has 0 unspecified atom stereocenters. The van der Waals surface area contributed by atoms with Crippen LogP contribution in [0.4, 0.5) is 5.69 Å². The highest BCUT2D eigenvalue weighted by molar-refractivity contribution is 9.10. The van der Waals surface area contributed by atoms with E-state index >= 15 is 0 Å². The van der Waals surface area contributed by atoms with Gasteiger partial charge in [0.05, 0.1) is 0 Å². The lowest BCUT2D eigenvalue weighted by atomic mass is 10.1. The fourth-order valence-electron chi connectivity index (χ4n) is 2.20. The second-order valence-corrected chi connectivity index (χ2v) is 6.04. The third-order valence-electron chi connectivity index (χ3n) is 3.62. The third-order valence-corrected chi connectivity index (χ3v) is 4.15. The standard InChI is InChI=1S/C18H21BrN2O/c1-3-21(4-2)13-14-5-7-15(8-6-14)18(22)20-17-11-9-16(19)10-12-17/h5-12H,3-4,13H2,1-2H3,(H,20,22). The molecular weight excluding hydrogens is 340 g/mol. The van der Waals surface area contributed by atoms with Gasteiger partial charge in [0.15, 0.2) is 0 Å². The zero-order valence-corrected chi connectivity index (χ0v) is 14.6. The smallest absolute Gasteiger partial charge is 0.255 e. The number of carbonyl (C=O) groups is 1. The van der Waals surface area contributed by atoms with E-state index in [0.29, 0.717) is 5.56 Å². The van der Waals surface area contributed by atoms with Crippen molar-refractivity contribution in [2.24, 2.45) is 0 Å². The van der Waals surface area contributed by atoms with Crippen LogP contribution in [-0.4, -0.2) is 23.9 Å². The van der Waals surface area contributed by atoms with Gasteiger partial charge in [0, 0.05) is 22.3 Å². The number of nitrogens with zero attached hydrogens (tertiary/aromatic N) is 1. The number of benzene rings is 2. The molecule has 2 aromatic rings. The molecule has 116 valence electrons. The molecule has 0 saturated carbocycles. The Morgan fingerprint density at radius 3 is 2.14 bits per heavy atom. The van der Waals surface area contributed by atoms with E-state index in [9.17, 15) is 4.79 Å². The fraction of sp³-hybridized carbons (Fsp3) is 0.278. The van der Waals surface area contributed by atoms with Crippen molar-refractivity contribution >= 4 is 27.5 Å². The average molecular weight is 361 g/mol. The zero-order valence-electron chi connectivity index (χ0n) is 13.0. The number of hydrogen-bond donors (Lipinski definition) is 1. The predicted octanol–water partition coefficient (Wildman–Crippen LogP) is 4.54. The van der Waals surface area contributed by atoms with Gasteiger partial charge in [-0.25, -0.2) is 0 Å². The maximum atomic E-state index is 12.2. The van der Waals surface area contributed by atoms with Crippen LogP contribution >= 0.6 is 15.9 Å². The second kappa shape index (κ2) is 8.11. The van der Waals surface area contributed by atoms with Gasteiger partial charge in [0.1, 0.15) is 0 Å². The van der Waals surface area contributed by atoms with Gasteiger partial charge in [-0.05, 0) is 55.1 Å². The maximum Gasteiger partial charge on any atom is 0.255 e. The second-order valence-electron chi connectivity index (χ2n) is 5.12. The maximum absolute atomic E-state index is 12.2. The number of carbonyl (C=O) groups excluding carboxylic acids is 1. The van der Waals surface area contributed by atoms with E-state index in [0.717, 1.165) is 29.8 Å². The number of rotatable bonds is 6. The number of nitrogens with one attached hydrogen (secondary N) is 1. The highest BCUT2D eigenvalue weighted by atomic mass is 79.9. The highest BCUT2D eigenvalue weighted by Crippen LogP contribution is 2.15. The number of amides is 1. The van der Waals surface area contributed by atoms with Crippen LogP contribution in [0.2, 0.25) is 0 Å². The number of anilines is 1. The third kappa shape index (κ3) is 4.68. The molecule has 0 atom stereocenters. The molecule has 3 nitrogen and oxygen atoms in total. The summed E-state index contributed by atoms with van der Waals surface area (Å²) in [4.78, 5) is 14.6. The molecule has 0 bridgehead atoms. The van der Waals surface area contributed by atoms with E-state index < -0.39 is 0 Å². The molecular formula is C18H21BrN2O. The van der Waals surface area contributed by atoms with Gasteiger partial charge in [-0.15, -0.1) is 0 Å². The van der Waals surface area contributed by atoms with Crippen molar-refractivity contribution in [3.63, 3.8) is 0 Å². The quantitative estimate of drug-likeness (QED) is 0.819. The highest BCUT2D eigenvalue weighted by Gasteiger charge is 2.07. The minimum absolute atomic E-state index is 0.0864. The zero-order chi connectivity index (χ0) is 15.9. The molecule has 0 aliphatic carbocycles. The molecule has 0 saturated heterocycles. The summed E-state index contributed by atoms with van der Waals surface area (Å²) < 4.78 is 0.992. The summed E-state index contributed by atoms with van der Waals surface area (Å²) in [5.41, 5.74) is 2.69. The van der Waals surface area contributed by atoms with E-state index in [1.54, 1.807) is 0 Å². The first-order valence-corrected chi connectivity index (χ1v) is 8.30. The molecule has 0 aromatic heterocycles. The predicted molar refractivity (Wildman–Crippen MR) is 95.2 cm³/mol. The Hall–Kier alpha value is -1.65. The molecule has 4 heteroatoms. The van der Waals surface area contributed by atoms with Gasteiger partial charge in [-0.3, -0.25) is 9.69 Å². The van der Waals surface area contributed by atoms with Gasteiger partial charge in [-0.2, -0.15) is 0 Å². The first-order chi connectivity index (χ1) is 10.6. The summed E-state index contributed by atoms with van der Waals surface area (Å²) in [5.74, 6) is -0.0864. The van der Waals surface area contributed by atoms with Gasteiger partial charge >= 0.3 is 0 Å². The van der Waals surface area contributed by atoms with Crippen LogP contribution in [0.5, 0.6) is 0 Å². The normalized spacial score (nSPS) is 10.7. The molecule has 2 rings (SSSR count). The largest absolute Gasteiger partial charge is 0.322 e. The van der Waals surface area contributed by atoms with Gasteiger partial charge in [0.25, 0.3) is 5.91 Å². The topological polar surface area (TPSA) is 32.3 Å². The van der Waals surface area contributed by atoms with Crippen molar-refractivity contribution in [2.75, 3.05) is 18.4 Å². The minimum Gasteiger partial charge on any atom is -0.322 e. The van der Waals surface area contributed by atoms with Crippen LogP contribution in [0, 0.1) is 0 Å². The Morgan fingerprint density at radius 1 is 1.00 bits per heavy atom. The van der Waals surface area contributed by atoms with E-state index in [1.165, 1.54) is 5.56 Å². The van der Waals surface area contributed by atoms with Crippen LogP contribution in [0.1, 0.15) is 29.8 Å². The summed E-state index contributed by atoms with van der Waals surface area (Å²) in [6.45, 7) is 7.29. The van der Waals surface area contributed by atoms with Crippen LogP contribution in [0.25, 0.3) is 0 Å². The summed E-state index contributed by atoms with van der Waals surface area (Å²) in [5, 5.41) is 2.90. The lowest BCUT2D eigenvalue weighted by Crippen LogP contribution is -2.22. The monoisotopic (exact) mass is 360 g/mol. The molecule has 2 aromatic carbocycles. The molecule has 1 amide bonds. The Kier molecular flexibility index (Phi) is 6.16. The van der Waals surface area contributed by atoms with E-state index in [1.807, 2.05) is 48.5 Å². The molecule has 22 heavy (non-hydrogen) atoms. The Morgan fingerprint density at radius 2 is 1.59 bits per heavy atom. The molecule has 0 aliphatic heterocycles. The number of halogens is 1. The van der Waals surface area contributed by atoms with Gasteiger partial charge < -0.3 is 5.32 Å². The van der Waals surface area contributed by atoms with Crippen LogP contribution in [0.15, 0.2) is 53.0 Å². The molecule has 0 radical (unpaired) electrons. The molecule has 1 N–H and O–H groups in total. The lowest BCUT2D eigenvalue weighted by molar-refractivity contribution is 0.102. The van der Waals surface area contributed by atoms with Crippen LogP contribution in [-0.2, 0) is 6.54 Å². The van der Waals surface area contributed by atoms with Crippen LogP contribution in [0.3, 0.4) is 0 Å². The van der Waals surface area contributed by atoms with Crippen molar-refractivity contribution < 1.29 is 4.79 Å². The molecule has 0 spiro atoms. The number of hydrogen-bond acceptors (Lipinski definition) is 2. The van der Waals surface area contributed by atoms with E-state index in [4.69, 9.17) is 0 Å². The van der Waals surface area contributed by atoms with Crippen LogP contribution < -0.4 is 5.32 Å². The summed E-state index contributed by atoms with van der Waals surface area (Å²) in [6, 6.07) is 15.4.